The van der Waals surface area contributed by atoms with E-state index >= 15 is 0 Å². The Hall–Kier alpha value is -0.120. The molecule has 0 saturated carbocycles. The largest absolute Gasteiger partial charge is 0.379 e. The molecule has 0 aromatic carbocycles. The van der Waals surface area contributed by atoms with E-state index in [4.69, 9.17) is 14.2 Å². The van der Waals surface area contributed by atoms with Crippen LogP contribution in [0.5, 0.6) is 0 Å². The molecule has 1 atom stereocenters. The van der Waals surface area contributed by atoms with Crippen molar-refractivity contribution in [2.75, 3.05) is 33.0 Å². The number of rotatable bonds is 10. The molecule has 0 aliphatic carbocycles. The first-order chi connectivity index (χ1) is 6.81. The summed E-state index contributed by atoms with van der Waals surface area (Å²) < 4.78 is 16.1. The fourth-order valence-electron chi connectivity index (χ4n) is 0.981. The first kappa shape index (κ1) is 13.9. The lowest BCUT2D eigenvalue weighted by Gasteiger charge is -2.12. The molecule has 0 spiro atoms. The fraction of sp³-hybridized carbons (Fsp3) is 1.00. The Morgan fingerprint density at radius 2 is 1.50 bits per heavy atom. The van der Waals surface area contributed by atoms with Gasteiger partial charge in [0.15, 0.2) is 0 Å². The van der Waals surface area contributed by atoms with Crippen molar-refractivity contribution in [3.8, 4) is 0 Å². The molecule has 0 heterocycles. The molecule has 0 aliphatic rings. The van der Waals surface area contributed by atoms with Crippen LogP contribution < -0.4 is 0 Å². The van der Waals surface area contributed by atoms with Gasteiger partial charge in [-0.1, -0.05) is 13.8 Å². The van der Waals surface area contributed by atoms with Crippen LogP contribution in [0.15, 0.2) is 0 Å². The van der Waals surface area contributed by atoms with Gasteiger partial charge in [0.1, 0.15) is 0 Å². The Morgan fingerprint density at radius 1 is 0.857 bits per heavy atom. The Balaban J connectivity index is 3.02. The summed E-state index contributed by atoms with van der Waals surface area (Å²) in [5.74, 6) is 0. The predicted octanol–water partition coefficient (Wildman–Crippen LogP) is 2.24. The Labute approximate surface area is 87.7 Å². The molecule has 86 valence electrons. The molecule has 0 aromatic heterocycles. The van der Waals surface area contributed by atoms with E-state index in [-0.39, 0.29) is 6.10 Å². The second-order valence-corrected chi connectivity index (χ2v) is 3.37. The molecular weight excluding hydrogens is 180 g/mol. The average molecular weight is 204 g/mol. The summed E-state index contributed by atoms with van der Waals surface area (Å²) in [4.78, 5) is 0. The van der Waals surface area contributed by atoms with Crippen molar-refractivity contribution in [1.29, 1.82) is 0 Å². The van der Waals surface area contributed by atoms with E-state index < -0.39 is 0 Å². The minimum atomic E-state index is 0.195. The maximum absolute atomic E-state index is 5.45. The van der Waals surface area contributed by atoms with Gasteiger partial charge in [-0.15, -0.1) is 0 Å². The molecule has 3 nitrogen and oxygen atoms in total. The van der Waals surface area contributed by atoms with Gasteiger partial charge >= 0.3 is 0 Å². The van der Waals surface area contributed by atoms with Gasteiger partial charge < -0.3 is 14.2 Å². The summed E-state index contributed by atoms with van der Waals surface area (Å²) in [5.41, 5.74) is 0. The van der Waals surface area contributed by atoms with Crippen molar-refractivity contribution in [3.05, 3.63) is 0 Å². The summed E-state index contributed by atoms with van der Waals surface area (Å²) in [6, 6.07) is 0. The van der Waals surface area contributed by atoms with Gasteiger partial charge in [-0.2, -0.15) is 0 Å². The highest BCUT2D eigenvalue weighted by Gasteiger charge is 2.00. The Morgan fingerprint density at radius 3 is 2.14 bits per heavy atom. The molecule has 0 rings (SSSR count). The van der Waals surface area contributed by atoms with Crippen LogP contribution >= 0.6 is 0 Å². The second-order valence-electron chi connectivity index (χ2n) is 3.37. The van der Waals surface area contributed by atoms with Crippen LogP contribution in [0.3, 0.4) is 0 Å². The lowest BCUT2D eigenvalue weighted by atomic mass is 10.4. The number of hydrogen-bond acceptors (Lipinski definition) is 3. The number of ether oxygens (including phenoxy) is 3. The van der Waals surface area contributed by atoms with Gasteiger partial charge in [0.05, 0.1) is 25.9 Å². The SMILES string of the molecule is CCCOCCOCC(C)OCCC. The zero-order valence-electron chi connectivity index (χ0n) is 9.75. The molecule has 1 unspecified atom stereocenters. The normalized spacial score (nSPS) is 13.1. The highest BCUT2D eigenvalue weighted by Crippen LogP contribution is 1.93. The predicted molar refractivity (Wildman–Crippen MR) is 57.6 cm³/mol. The Bertz CT molecular complexity index is 107. The third-order valence-electron chi connectivity index (χ3n) is 1.68. The quantitative estimate of drug-likeness (QED) is 0.511. The van der Waals surface area contributed by atoms with Crippen LogP contribution in [0.2, 0.25) is 0 Å². The highest BCUT2D eigenvalue weighted by molar-refractivity contribution is 4.46. The molecular formula is C11H24O3. The van der Waals surface area contributed by atoms with E-state index in [1.165, 1.54) is 0 Å². The lowest BCUT2D eigenvalue weighted by Crippen LogP contribution is -2.18. The average Bonchev–Trinajstić information content (AvgIpc) is 2.20. The van der Waals surface area contributed by atoms with Crippen molar-refractivity contribution in [1.82, 2.24) is 0 Å². The van der Waals surface area contributed by atoms with Crippen molar-refractivity contribution < 1.29 is 14.2 Å². The Kier molecular flexibility index (Phi) is 10.9. The van der Waals surface area contributed by atoms with Crippen LogP contribution in [-0.4, -0.2) is 39.1 Å². The molecule has 0 fully saturated rings. The molecule has 0 amide bonds. The first-order valence-corrected chi connectivity index (χ1v) is 5.58. The maximum atomic E-state index is 5.45. The van der Waals surface area contributed by atoms with E-state index in [0.717, 1.165) is 26.1 Å². The fourth-order valence-corrected chi connectivity index (χ4v) is 0.981. The highest BCUT2D eigenvalue weighted by atomic mass is 16.5. The van der Waals surface area contributed by atoms with Crippen molar-refractivity contribution in [2.45, 2.75) is 39.7 Å². The van der Waals surface area contributed by atoms with E-state index in [0.29, 0.717) is 19.8 Å². The molecule has 0 aromatic rings. The lowest BCUT2D eigenvalue weighted by molar-refractivity contribution is -0.0230. The van der Waals surface area contributed by atoms with E-state index in [1.54, 1.807) is 0 Å². The summed E-state index contributed by atoms with van der Waals surface area (Å²) in [6.45, 7) is 9.89. The standard InChI is InChI=1S/C11H24O3/c1-4-6-12-8-9-13-10-11(3)14-7-5-2/h11H,4-10H2,1-3H3. The summed E-state index contributed by atoms with van der Waals surface area (Å²) in [5, 5.41) is 0. The monoisotopic (exact) mass is 204 g/mol. The van der Waals surface area contributed by atoms with E-state index in [2.05, 4.69) is 13.8 Å². The van der Waals surface area contributed by atoms with Crippen LogP contribution in [0, 0.1) is 0 Å². The zero-order valence-corrected chi connectivity index (χ0v) is 9.75. The van der Waals surface area contributed by atoms with Crippen LogP contribution in [0.4, 0.5) is 0 Å². The van der Waals surface area contributed by atoms with Crippen molar-refractivity contribution in [3.63, 3.8) is 0 Å². The third kappa shape index (κ3) is 9.96. The molecule has 14 heavy (non-hydrogen) atoms. The van der Waals surface area contributed by atoms with E-state index in [1.807, 2.05) is 6.92 Å². The van der Waals surface area contributed by atoms with Crippen LogP contribution in [-0.2, 0) is 14.2 Å². The van der Waals surface area contributed by atoms with Crippen molar-refractivity contribution in [2.24, 2.45) is 0 Å². The number of hydrogen-bond donors (Lipinski definition) is 0. The summed E-state index contributed by atoms with van der Waals surface area (Å²) >= 11 is 0. The molecule has 3 heteroatoms. The topological polar surface area (TPSA) is 27.7 Å². The smallest absolute Gasteiger partial charge is 0.0780 e. The third-order valence-corrected chi connectivity index (χ3v) is 1.68. The molecule has 0 radical (unpaired) electrons. The first-order valence-electron chi connectivity index (χ1n) is 5.58. The van der Waals surface area contributed by atoms with Gasteiger partial charge in [0, 0.05) is 13.2 Å². The molecule has 0 saturated heterocycles. The maximum Gasteiger partial charge on any atom is 0.0780 e. The van der Waals surface area contributed by atoms with Crippen LogP contribution in [0.1, 0.15) is 33.6 Å². The summed E-state index contributed by atoms with van der Waals surface area (Å²) in [6.07, 6.45) is 2.32. The van der Waals surface area contributed by atoms with Gasteiger partial charge in [-0.3, -0.25) is 0 Å². The molecule has 0 aliphatic heterocycles. The van der Waals surface area contributed by atoms with Gasteiger partial charge in [-0.05, 0) is 19.8 Å². The van der Waals surface area contributed by atoms with Gasteiger partial charge in [0.2, 0.25) is 0 Å². The van der Waals surface area contributed by atoms with E-state index in [9.17, 15) is 0 Å². The van der Waals surface area contributed by atoms with Gasteiger partial charge in [-0.25, -0.2) is 0 Å². The van der Waals surface area contributed by atoms with Crippen LogP contribution in [0.25, 0.3) is 0 Å². The van der Waals surface area contributed by atoms with Gasteiger partial charge in [0.25, 0.3) is 0 Å². The summed E-state index contributed by atoms with van der Waals surface area (Å²) in [7, 11) is 0. The minimum absolute atomic E-state index is 0.195. The molecule has 0 N–H and O–H groups in total. The second kappa shape index (κ2) is 11.0. The molecule has 0 bridgehead atoms. The zero-order chi connectivity index (χ0) is 10.6. The van der Waals surface area contributed by atoms with Crippen molar-refractivity contribution >= 4 is 0 Å². The minimum Gasteiger partial charge on any atom is -0.379 e.